The minimum absolute atomic E-state index is 0.424. The summed E-state index contributed by atoms with van der Waals surface area (Å²) in [7, 11) is 0. The molecular formula is C14H22FN3. The van der Waals surface area contributed by atoms with Gasteiger partial charge in [0.05, 0.1) is 11.9 Å². The molecule has 1 fully saturated rings. The highest BCUT2D eigenvalue weighted by molar-refractivity contribution is 5.40. The van der Waals surface area contributed by atoms with Gasteiger partial charge in [-0.05, 0) is 51.8 Å². The summed E-state index contributed by atoms with van der Waals surface area (Å²) in [5, 5.41) is 3.45. The van der Waals surface area contributed by atoms with E-state index in [0.717, 1.165) is 18.7 Å². The Labute approximate surface area is 108 Å². The van der Waals surface area contributed by atoms with Gasteiger partial charge in [0.15, 0.2) is 0 Å². The van der Waals surface area contributed by atoms with Crippen molar-refractivity contribution in [1.82, 2.24) is 9.88 Å². The minimum Gasteiger partial charge on any atom is -0.381 e. The molecule has 1 saturated heterocycles. The molecule has 2 rings (SSSR count). The molecule has 0 amide bonds. The molecule has 1 N–H and O–H groups in total. The SMILES string of the molecule is CC(C)N1CCCC(Nc2ccc(F)nc2)CC1. The van der Waals surface area contributed by atoms with Crippen LogP contribution in [-0.2, 0) is 0 Å². The summed E-state index contributed by atoms with van der Waals surface area (Å²) in [4.78, 5) is 6.19. The van der Waals surface area contributed by atoms with Gasteiger partial charge in [-0.1, -0.05) is 0 Å². The molecule has 0 aromatic carbocycles. The summed E-state index contributed by atoms with van der Waals surface area (Å²) in [6, 6.07) is 4.25. The Morgan fingerprint density at radius 3 is 2.83 bits per heavy atom. The number of hydrogen-bond donors (Lipinski definition) is 1. The Morgan fingerprint density at radius 2 is 2.17 bits per heavy atom. The molecule has 0 spiro atoms. The van der Waals surface area contributed by atoms with E-state index in [0.29, 0.717) is 12.1 Å². The fourth-order valence-corrected chi connectivity index (χ4v) is 2.48. The van der Waals surface area contributed by atoms with Crippen LogP contribution in [0.3, 0.4) is 0 Å². The summed E-state index contributed by atoms with van der Waals surface area (Å²) in [5.41, 5.74) is 0.916. The summed E-state index contributed by atoms with van der Waals surface area (Å²) >= 11 is 0. The molecular weight excluding hydrogens is 229 g/mol. The largest absolute Gasteiger partial charge is 0.381 e. The van der Waals surface area contributed by atoms with Crippen LogP contribution in [0.2, 0.25) is 0 Å². The third kappa shape index (κ3) is 3.67. The number of pyridine rings is 1. The van der Waals surface area contributed by atoms with E-state index in [1.807, 2.05) is 0 Å². The average Bonchev–Trinajstić information content (AvgIpc) is 2.58. The van der Waals surface area contributed by atoms with Gasteiger partial charge >= 0.3 is 0 Å². The predicted molar refractivity (Wildman–Crippen MR) is 72.2 cm³/mol. The number of rotatable bonds is 3. The molecule has 2 heterocycles. The lowest BCUT2D eigenvalue weighted by Gasteiger charge is -2.24. The number of nitrogens with one attached hydrogen (secondary N) is 1. The second-order valence-corrected chi connectivity index (χ2v) is 5.27. The maximum Gasteiger partial charge on any atom is 0.212 e. The molecule has 0 radical (unpaired) electrons. The Bertz CT molecular complexity index is 364. The Balaban J connectivity index is 1.88. The van der Waals surface area contributed by atoms with Crippen molar-refractivity contribution in [3.63, 3.8) is 0 Å². The van der Waals surface area contributed by atoms with Crippen molar-refractivity contribution in [1.29, 1.82) is 0 Å². The van der Waals surface area contributed by atoms with Crippen molar-refractivity contribution in [3.05, 3.63) is 24.3 Å². The summed E-state index contributed by atoms with van der Waals surface area (Å²) in [6.45, 7) is 6.80. The first kappa shape index (κ1) is 13.3. The quantitative estimate of drug-likeness (QED) is 0.837. The molecule has 1 aliphatic rings. The topological polar surface area (TPSA) is 28.2 Å². The summed E-state index contributed by atoms with van der Waals surface area (Å²) in [6.07, 6.45) is 5.08. The van der Waals surface area contributed by atoms with Crippen LogP contribution in [0.1, 0.15) is 33.1 Å². The van der Waals surface area contributed by atoms with Gasteiger partial charge in [0.1, 0.15) is 0 Å². The van der Waals surface area contributed by atoms with Crippen LogP contribution in [-0.4, -0.2) is 35.1 Å². The maximum atomic E-state index is 12.7. The van der Waals surface area contributed by atoms with Gasteiger partial charge in [-0.2, -0.15) is 4.39 Å². The first-order valence-corrected chi connectivity index (χ1v) is 6.77. The van der Waals surface area contributed by atoms with E-state index in [4.69, 9.17) is 0 Å². The molecule has 100 valence electrons. The zero-order valence-electron chi connectivity index (χ0n) is 11.2. The van der Waals surface area contributed by atoms with E-state index in [1.165, 1.54) is 25.5 Å². The highest BCUT2D eigenvalue weighted by Gasteiger charge is 2.18. The van der Waals surface area contributed by atoms with E-state index in [2.05, 4.69) is 29.0 Å². The third-order valence-electron chi connectivity index (χ3n) is 3.59. The van der Waals surface area contributed by atoms with Crippen LogP contribution < -0.4 is 5.32 Å². The van der Waals surface area contributed by atoms with E-state index in [9.17, 15) is 4.39 Å². The van der Waals surface area contributed by atoms with Crippen molar-refractivity contribution in [2.75, 3.05) is 18.4 Å². The Morgan fingerprint density at radius 1 is 1.33 bits per heavy atom. The van der Waals surface area contributed by atoms with Crippen LogP contribution in [0.15, 0.2) is 18.3 Å². The predicted octanol–water partition coefficient (Wildman–Crippen LogP) is 2.90. The Kier molecular flexibility index (Phi) is 4.53. The third-order valence-corrected chi connectivity index (χ3v) is 3.59. The number of anilines is 1. The molecule has 1 aromatic rings. The van der Waals surface area contributed by atoms with Crippen molar-refractivity contribution in [2.24, 2.45) is 0 Å². The van der Waals surface area contributed by atoms with Gasteiger partial charge in [-0.3, -0.25) is 0 Å². The van der Waals surface area contributed by atoms with Gasteiger partial charge in [-0.15, -0.1) is 0 Å². The van der Waals surface area contributed by atoms with E-state index in [1.54, 1.807) is 12.3 Å². The lowest BCUT2D eigenvalue weighted by molar-refractivity contribution is 0.230. The minimum atomic E-state index is -0.424. The maximum absolute atomic E-state index is 12.7. The lowest BCUT2D eigenvalue weighted by atomic mass is 10.1. The standard InChI is InChI=1S/C14H22FN3/c1-11(2)18-8-3-4-12(7-9-18)17-13-5-6-14(15)16-10-13/h5-6,10-12,17H,3-4,7-9H2,1-2H3. The zero-order valence-corrected chi connectivity index (χ0v) is 11.2. The number of likely N-dealkylation sites (tertiary alicyclic amines) is 1. The molecule has 1 aromatic heterocycles. The van der Waals surface area contributed by atoms with Gasteiger partial charge < -0.3 is 10.2 Å². The molecule has 18 heavy (non-hydrogen) atoms. The number of aromatic nitrogens is 1. The van der Waals surface area contributed by atoms with Crippen LogP contribution in [0.5, 0.6) is 0 Å². The highest BCUT2D eigenvalue weighted by atomic mass is 19.1. The molecule has 3 nitrogen and oxygen atoms in total. The smallest absolute Gasteiger partial charge is 0.212 e. The second kappa shape index (κ2) is 6.14. The van der Waals surface area contributed by atoms with Gasteiger partial charge in [0.2, 0.25) is 5.95 Å². The molecule has 1 atom stereocenters. The van der Waals surface area contributed by atoms with Crippen LogP contribution in [0.25, 0.3) is 0 Å². The first-order chi connectivity index (χ1) is 8.65. The van der Waals surface area contributed by atoms with E-state index >= 15 is 0 Å². The normalized spacial score (nSPS) is 21.9. The van der Waals surface area contributed by atoms with Crippen molar-refractivity contribution >= 4 is 5.69 Å². The van der Waals surface area contributed by atoms with E-state index < -0.39 is 5.95 Å². The van der Waals surface area contributed by atoms with Crippen LogP contribution >= 0.6 is 0 Å². The summed E-state index contributed by atoms with van der Waals surface area (Å²) in [5.74, 6) is -0.424. The number of hydrogen-bond acceptors (Lipinski definition) is 3. The number of halogens is 1. The Hall–Kier alpha value is -1.16. The molecule has 1 unspecified atom stereocenters. The highest BCUT2D eigenvalue weighted by Crippen LogP contribution is 2.17. The fraction of sp³-hybridized carbons (Fsp3) is 0.643. The zero-order chi connectivity index (χ0) is 13.0. The van der Waals surface area contributed by atoms with Gasteiger partial charge in [0, 0.05) is 18.6 Å². The van der Waals surface area contributed by atoms with Crippen molar-refractivity contribution < 1.29 is 4.39 Å². The van der Waals surface area contributed by atoms with Gasteiger partial charge in [0.25, 0.3) is 0 Å². The molecule has 0 aliphatic carbocycles. The first-order valence-electron chi connectivity index (χ1n) is 6.77. The molecule has 0 saturated carbocycles. The van der Waals surface area contributed by atoms with Gasteiger partial charge in [-0.25, -0.2) is 4.98 Å². The lowest BCUT2D eigenvalue weighted by Crippen LogP contribution is -2.32. The second-order valence-electron chi connectivity index (χ2n) is 5.27. The van der Waals surface area contributed by atoms with Crippen molar-refractivity contribution in [3.8, 4) is 0 Å². The summed E-state index contributed by atoms with van der Waals surface area (Å²) < 4.78 is 12.7. The van der Waals surface area contributed by atoms with Crippen molar-refractivity contribution in [2.45, 2.75) is 45.2 Å². The van der Waals surface area contributed by atoms with Crippen LogP contribution in [0, 0.1) is 5.95 Å². The fourth-order valence-electron chi connectivity index (χ4n) is 2.48. The number of nitrogens with zero attached hydrogens (tertiary/aromatic N) is 2. The van der Waals surface area contributed by atoms with E-state index in [-0.39, 0.29) is 0 Å². The average molecular weight is 251 g/mol. The molecule has 4 heteroatoms. The molecule has 0 bridgehead atoms. The molecule has 1 aliphatic heterocycles. The monoisotopic (exact) mass is 251 g/mol. The van der Waals surface area contributed by atoms with Crippen LogP contribution in [0.4, 0.5) is 10.1 Å².